The van der Waals surface area contributed by atoms with E-state index in [9.17, 15) is 0 Å². The molecule has 1 unspecified atom stereocenters. The second-order valence-corrected chi connectivity index (χ2v) is 6.72. The Morgan fingerprint density at radius 2 is 2.18 bits per heavy atom. The van der Waals surface area contributed by atoms with Crippen molar-refractivity contribution in [2.24, 2.45) is 5.92 Å². The summed E-state index contributed by atoms with van der Waals surface area (Å²) in [4.78, 5) is 1.36. The molecule has 2 rings (SSSR count). The second-order valence-electron chi connectivity index (χ2n) is 4.71. The second kappa shape index (κ2) is 6.81. The van der Waals surface area contributed by atoms with E-state index in [0.29, 0.717) is 6.04 Å². The first kappa shape index (κ1) is 13.4. The molecule has 1 fully saturated rings. The summed E-state index contributed by atoms with van der Waals surface area (Å²) in [6.45, 7) is 0. The zero-order chi connectivity index (χ0) is 12.1. The number of thioether (sulfide) groups is 1. The molecule has 0 aromatic heterocycles. The van der Waals surface area contributed by atoms with Gasteiger partial charge in [0.15, 0.2) is 0 Å². The van der Waals surface area contributed by atoms with Crippen molar-refractivity contribution in [3.8, 4) is 0 Å². The van der Waals surface area contributed by atoms with Crippen LogP contribution in [0.5, 0.6) is 0 Å². The molecule has 1 aromatic rings. The number of hydrogen-bond donors (Lipinski definition) is 1. The minimum atomic E-state index is 0.668. The van der Waals surface area contributed by atoms with Crippen molar-refractivity contribution in [1.82, 2.24) is 5.32 Å². The molecule has 1 aliphatic carbocycles. The van der Waals surface area contributed by atoms with Crippen LogP contribution in [0.2, 0.25) is 0 Å². The summed E-state index contributed by atoms with van der Waals surface area (Å²) in [6, 6.07) is 9.25. The molecule has 17 heavy (non-hydrogen) atoms. The van der Waals surface area contributed by atoms with Gasteiger partial charge in [0.1, 0.15) is 0 Å². The van der Waals surface area contributed by atoms with Crippen LogP contribution in [0.3, 0.4) is 0 Å². The topological polar surface area (TPSA) is 12.0 Å². The van der Waals surface area contributed by atoms with E-state index in [0.717, 1.165) is 5.92 Å². The van der Waals surface area contributed by atoms with Crippen molar-refractivity contribution in [1.29, 1.82) is 0 Å². The van der Waals surface area contributed by atoms with Gasteiger partial charge in [-0.25, -0.2) is 0 Å². The third-order valence-corrected chi connectivity index (χ3v) is 5.17. The van der Waals surface area contributed by atoms with E-state index in [1.165, 1.54) is 40.8 Å². The maximum absolute atomic E-state index is 3.52. The number of hydrogen-bond acceptors (Lipinski definition) is 2. The van der Waals surface area contributed by atoms with Crippen molar-refractivity contribution >= 4 is 27.7 Å². The number of nitrogens with one attached hydrogen (secondary N) is 1. The van der Waals surface area contributed by atoms with Crippen LogP contribution in [0.25, 0.3) is 0 Å². The van der Waals surface area contributed by atoms with Gasteiger partial charge in [-0.3, -0.25) is 0 Å². The fraction of sp³-hybridized carbons (Fsp3) is 0.571. The van der Waals surface area contributed by atoms with Gasteiger partial charge in [-0.05, 0) is 44.0 Å². The molecule has 1 N–H and O–H groups in total. The summed E-state index contributed by atoms with van der Waals surface area (Å²) in [6.07, 6.45) is 5.66. The van der Waals surface area contributed by atoms with Gasteiger partial charge in [-0.15, -0.1) is 11.8 Å². The highest BCUT2D eigenvalue weighted by atomic mass is 79.9. The maximum atomic E-state index is 3.52. The number of benzene rings is 1. The Hall–Kier alpha value is 0.01000. The lowest BCUT2D eigenvalue weighted by Gasteiger charge is -2.22. The Labute approximate surface area is 117 Å². The molecule has 1 saturated carbocycles. The van der Waals surface area contributed by atoms with Crippen LogP contribution in [-0.2, 0) is 0 Å². The predicted octanol–water partition coefficient (Wildman–Crippen LogP) is 4.32. The minimum Gasteiger partial charge on any atom is -0.316 e. The van der Waals surface area contributed by atoms with E-state index in [1.807, 2.05) is 11.8 Å². The molecular weight excluding hydrogens is 294 g/mol. The van der Waals surface area contributed by atoms with Crippen LogP contribution in [0.15, 0.2) is 33.6 Å². The normalized spacial score (nSPS) is 18.5. The van der Waals surface area contributed by atoms with Gasteiger partial charge >= 0.3 is 0 Å². The predicted molar refractivity (Wildman–Crippen MR) is 79.7 cm³/mol. The Balaban J connectivity index is 1.87. The Kier molecular flexibility index (Phi) is 5.39. The number of halogens is 1. The van der Waals surface area contributed by atoms with E-state index >= 15 is 0 Å². The van der Waals surface area contributed by atoms with Crippen molar-refractivity contribution < 1.29 is 0 Å². The largest absolute Gasteiger partial charge is 0.316 e. The van der Waals surface area contributed by atoms with E-state index in [-0.39, 0.29) is 0 Å². The quantitative estimate of drug-likeness (QED) is 0.812. The van der Waals surface area contributed by atoms with E-state index < -0.39 is 0 Å². The summed E-state index contributed by atoms with van der Waals surface area (Å²) in [5.74, 6) is 2.07. The van der Waals surface area contributed by atoms with Gasteiger partial charge in [-0.2, -0.15) is 0 Å². The van der Waals surface area contributed by atoms with Crippen LogP contribution in [-0.4, -0.2) is 18.8 Å². The van der Waals surface area contributed by atoms with Crippen LogP contribution in [0.1, 0.15) is 25.7 Å². The van der Waals surface area contributed by atoms with Crippen LogP contribution >= 0.6 is 27.7 Å². The smallest absolute Gasteiger partial charge is 0.0186 e. The van der Waals surface area contributed by atoms with Gasteiger partial charge in [0.05, 0.1) is 0 Å². The molecule has 0 aliphatic heterocycles. The Morgan fingerprint density at radius 1 is 1.41 bits per heavy atom. The van der Waals surface area contributed by atoms with E-state index in [1.54, 1.807) is 0 Å². The standard InChI is InChI=1S/C14H20BrNS/c1-16-14(11-5-2-3-6-11)10-17-13-8-4-7-12(15)9-13/h4,7-9,11,14,16H,2-3,5-6,10H2,1H3. The molecule has 0 bridgehead atoms. The third-order valence-electron chi connectivity index (χ3n) is 3.57. The van der Waals surface area contributed by atoms with E-state index in [2.05, 4.69) is 52.6 Å². The zero-order valence-electron chi connectivity index (χ0n) is 10.3. The van der Waals surface area contributed by atoms with Crippen molar-refractivity contribution in [2.75, 3.05) is 12.8 Å². The first-order chi connectivity index (χ1) is 8.29. The summed E-state index contributed by atoms with van der Waals surface area (Å²) in [5.41, 5.74) is 0. The van der Waals surface area contributed by atoms with Crippen molar-refractivity contribution in [2.45, 2.75) is 36.6 Å². The summed E-state index contributed by atoms with van der Waals surface area (Å²) >= 11 is 5.49. The first-order valence-corrected chi connectivity index (χ1v) is 8.13. The fourth-order valence-electron chi connectivity index (χ4n) is 2.56. The summed E-state index contributed by atoms with van der Waals surface area (Å²) in [5, 5.41) is 3.50. The molecule has 1 aromatic carbocycles. The highest BCUT2D eigenvalue weighted by Crippen LogP contribution is 2.31. The van der Waals surface area contributed by atoms with Gasteiger partial charge in [0.25, 0.3) is 0 Å². The molecular formula is C14H20BrNS. The lowest BCUT2D eigenvalue weighted by Crippen LogP contribution is -2.34. The monoisotopic (exact) mass is 313 g/mol. The average Bonchev–Trinajstić information content (AvgIpc) is 2.84. The maximum Gasteiger partial charge on any atom is 0.0186 e. The molecule has 94 valence electrons. The molecule has 3 heteroatoms. The van der Waals surface area contributed by atoms with Crippen LogP contribution < -0.4 is 5.32 Å². The fourth-order valence-corrected chi connectivity index (χ4v) is 4.30. The average molecular weight is 314 g/mol. The number of rotatable bonds is 5. The van der Waals surface area contributed by atoms with Crippen molar-refractivity contribution in [3.05, 3.63) is 28.7 Å². The summed E-state index contributed by atoms with van der Waals surface area (Å²) < 4.78 is 1.17. The molecule has 0 radical (unpaired) electrons. The molecule has 0 amide bonds. The highest BCUT2D eigenvalue weighted by molar-refractivity contribution is 9.10. The van der Waals surface area contributed by atoms with Gasteiger partial charge in [0, 0.05) is 21.2 Å². The Morgan fingerprint density at radius 3 is 2.82 bits per heavy atom. The Bertz CT molecular complexity index is 350. The molecule has 0 heterocycles. The van der Waals surface area contributed by atoms with Gasteiger partial charge in [0.2, 0.25) is 0 Å². The van der Waals surface area contributed by atoms with Crippen molar-refractivity contribution in [3.63, 3.8) is 0 Å². The lowest BCUT2D eigenvalue weighted by molar-refractivity contribution is 0.410. The molecule has 1 nitrogen and oxygen atoms in total. The van der Waals surface area contributed by atoms with Gasteiger partial charge in [-0.1, -0.05) is 34.8 Å². The molecule has 0 saturated heterocycles. The lowest BCUT2D eigenvalue weighted by atomic mass is 10.0. The van der Waals surface area contributed by atoms with Gasteiger partial charge < -0.3 is 5.32 Å². The molecule has 1 aliphatic rings. The highest BCUT2D eigenvalue weighted by Gasteiger charge is 2.23. The molecule has 0 spiro atoms. The molecule has 1 atom stereocenters. The van der Waals surface area contributed by atoms with Crippen LogP contribution in [0, 0.1) is 5.92 Å². The third kappa shape index (κ3) is 4.01. The zero-order valence-corrected chi connectivity index (χ0v) is 12.7. The van der Waals surface area contributed by atoms with E-state index in [4.69, 9.17) is 0 Å². The summed E-state index contributed by atoms with van der Waals surface area (Å²) in [7, 11) is 2.10. The SMILES string of the molecule is CNC(CSc1cccc(Br)c1)C1CCCC1. The van der Waals surface area contributed by atoms with Crippen LogP contribution in [0.4, 0.5) is 0 Å². The first-order valence-electron chi connectivity index (χ1n) is 6.35. The minimum absolute atomic E-state index is 0.668.